The number of aromatic nitrogens is 3. The summed E-state index contributed by atoms with van der Waals surface area (Å²) in [7, 11) is 1.60. The van der Waals surface area contributed by atoms with Crippen LogP contribution in [-0.2, 0) is 13.0 Å². The van der Waals surface area contributed by atoms with E-state index < -0.39 is 5.60 Å². The Bertz CT molecular complexity index is 896. The number of imidazole rings is 1. The largest absolute Gasteiger partial charge is 0.496 e. The van der Waals surface area contributed by atoms with Gasteiger partial charge < -0.3 is 25.3 Å². The number of anilines is 1. The number of nitrogens with zero attached hydrogens (tertiary/aromatic N) is 3. The predicted molar refractivity (Wildman–Crippen MR) is 93.1 cm³/mol. The van der Waals surface area contributed by atoms with Gasteiger partial charge in [0.25, 0.3) is 0 Å². The Morgan fingerprint density at radius 3 is 2.67 bits per heavy atom. The number of methoxy groups -OCH3 is 1. The van der Waals surface area contributed by atoms with E-state index in [1.165, 1.54) is 0 Å². The molecule has 0 atom stereocenters. The number of aliphatic hydroxyl groups excluding tert-OH is 1. The summed E-state index contributed by atoms with van der Waals surface area (Å²) in [5, 5.41) is 20.5. The van der Waals surface area contributed by atoms with E-state index in [2.05, 4.69) is 9.97 Å². The Labute approximate surface area is 139 Å². The Kier molecular flexibility index (Phi) is 4.06. The number of rotatable bonds is 5. The number of hydrogen-bond acceptors (Lipinski definition) is 6. The average Bonchev–Trinajstić information content (AvgIpc) is 2.84. The van der Waals surface area contributed by atoms with E-state index in [0.29, 0.717) is 41.4 Å². The summed E-state index contributed by atoms with van der Waals surface area (Å²) < 4.78 is 7.39. The summed E-state index contributed by atoms with van der Waals surface area (Å²) in [5.74, 6) is 1.64. The van der Waals surface area contributed by atoms with Crippen molar-refractivity contribution < 1.29 is 14.9 Å². The minimum Gasteiger partial charge on any atom is -0.496 e. The minimum atomic E-state index is -0.954. The number of hydrogen-bond donors (Lipinski definition) is 3. The molecule has 1 aromatic carbocycles. The highest BCUT2D eigenvalue weighted by atomic mass is 16.5. The first-order valence-electron chi connectivity index (χ1n) is 7.80. The first-order chi connectivity index (χ1) is 11.4. The number of pyridine rings is 1. The number of ether oxygens (including phenoxy) is 1. The molecule has 7 nitrogen and oxygen atoms in total. The standard InChI is InChI=1S/C17H22N4O3/c1-17(2,23)9-21-12(7-8-22)20-14-15(21)13-10(19-16(14)18)5-4-6-11(13)24-3/h4-6,22-23H,7-9H2,1-3H3,(H2,18,19). The fraction of sp³-hybridized carbons (Fsp3) is 0.412. The lowest BCUT2D eigenvalue weighted by Crippen LogP contribution is -2.27. The van der Waals surface area contributed by atoms with E-state index >= 15 is 0 Å². The normalized spacial score (nSPS) is 12.2. The van der Waals surface area contributed by atoms with Gasteiger partial charge in [-0.2, -0.15) is 0 Å². The van der Waals surface area contributed by atoms with Gasteiger partial charge in [-0.25, -0.2) is 9.97 Å². The van der Waals surface area contributed by atoms with Crippen LogP contribution in [-0.4, -0.2) is 44.1 Å². The highest BCUT2D eigenvalue weighted by molar-refractivity contribution is 6.09. The van der Waals surface area contributed by atoms with E-state index in [4.69, 9.17) is 10.5 Å². The summed E-state index contributed by atoms with van der Waals surface area (Å²) in [5.41, 5.74) is 7.17. The third-order valence-corrected chi connectivity index (χ3v) is 3.87. The van der Waals surface area contributed by atoms with Crippen molar-refractivity contribution in [2.75, 3.05) is 19.5 Å². The predicted octanol–water partition coefficient (Wildman–Crippen LogP) is 1.48. The Balaban J connectivity index is 2.46. The maximum absolute atomic E-state index is 10.3. The molecule has 3 rings (SSSR count). The smallest absolute Gasteiger partial charge is 0.152 e. The lowest BCUT2D eigenvalue weighted by molar-refractivity contribution is 0.0616. The molecule has 24 heavy (non-hydrogen) atoms. The van der Waals surface area contributed by atoms with Crippen LogP contribution in [0, 0.1) is 0 Å². The molecule has 0 fully saturated rings. The van der Waals surface area contributed by atoms with Crippen molar-refractivity contribution in [1.82, 2.24) is 14.5 Å². The van der Waals surface area contributed by atoms with Crippen LogP contribution in [0.3, 0.4) is 0 Å². The molecule has 0 amide bonds. The zero-order valence-corrected chi connectivity index (χ0v) is 14.1. The topological polar surface area (TPSA) is 106 Å². The molecular weight excluding hydrogens is 308 g/mol. The monoisotopic (exact) mass is 330 g/mol. The minimum absolute atomic E-state index is 0.0441. The van der Waals surface area contributed by atoms with Crippen LogP contribution >= 0.6 is 0 Å². The van der Waals surface area contributed by atoms with Crippen LogP contribution in [0.15, 0.2) is 18.2 Å². The molecule has 2 aromatic heterocycles. The second-order valence-electron chi connectivity index (χ2n) is 6.45. The zero-order valence-electron chi connectivity index (χ0n) is 14.1. The molecule has 0 bridgehead atoms. The van der Waals surface area contributed by atoms with Gasteiger partial charge in [-0.05, 0) is 26.0 Å². The highest BCUT2D eigenvalue weighted by Crippen LogP contribution is 2.35. The van der Waals surface area contributed by atoms with Gasteiger partial charge >= 0.3 is 0 Å². The summed E-state index contributed by atoms with van der Waals surface area (Å²) in [4.78, 5) is 8.98. The Hall–Kier alpha value is -2.38. The SMILES string of the molecule is COc1cccc2nc(N)c3nc(CCO)n(CC(C)(C)O)c3c12. The number of nitrogen functional groups attached to an aromatic ring is 1. The zero-order chi connectivity index (χ0) is 17.5. The molecule has 0 unspecified atom stereocenters. The second kappa shape index (κ2) is 5.92. The molecular formula is C17H22N4O3. The quantitative estimate of drug-likeness (QED) is 0.654. The summed E-state index contributed by atoms with van der Waals surface area (Å²) in [6.07, 6.45) is 0.362. The van der Waals surface area contributed by atoms with Crippen molar-refractivity contribution in [1.29, 1.82) is 0 Å². The molecule has 0 aliphatic carbocycles. The summed E-state index contributed by atoms with van der Waals surface area (Å²) in [6.45, 7) is 3.73. The van der Waals surface area contributed by atoms with Crippen molar-refractivity contribution in [3.05, 3.63) is 24.0 Å². The van der Waals surface area contributed by atoms with Crippen molar-refractivity contribution in [2.45, 2.75) is 32.4 Å². The first kappa shape index (κ1) is 16.5. The van der Waals surface area contributed by atoms with E-state index in [9.17, 15) is 10.2 Å². The van der Waals surface area contributed by atoms with E-state index in [1.807, 2.05) is 22.8 Å². The number of aliphatic hydroxyl groups is 2. The van der Waals surface area contributed by atoms with Crippen molar-refractivity contribution >= 4 is 27.8 Å². The molecule has 4 N–H and O–H groups in total. The van der Waals surface area contributed by atoms with Gasteiger partial charge in [-0.3, -0.25) is 0 Å². The number of fused-ring (bicyclic) bond motifs is 3. The maximum Gasteiger partial charge on any atom is 0.152 e. The third kappa shape index (κ3) is 2.76. The van der Waals surface area contributed by atoms with Gasteiger partial charge in [-0.1, -0.05) is 6.07 Å². The van der Waals surface area contributed by atoms with Crippen molar-refractivity contribution in [3.8, 4) is 5.75 Å². The van der Waals surface area contributed by atoms with E-state index in [0.717, 1.165) is 10.9 Å². The molecule has 0 aliphatic heterocycles. The van der Waals surface area contributed by atoms with E-state index in [-0.39, 0.29) is 6.61 Å². The summed E-state index contributed by atoms with van der Waals surface area (Å²) in [6, 6.07) is 5.57. The molecule has 2 heterocycles. The van der Waals surface area contributed by atoms with Crippen molar-refractivity contribution in [3.63, 3.8) is 0 Å². The molecule has 7 heteroatoms. The fourth-order valence-corrected chi connectivity index (χ4v) is 2.98. The summed E-state index contributed by atoms with van der Waals surface area (Å²) >= 11 is 0. The lowest BCUT2D eigenvalue weighted by Gasteiger charge is -2.21. The van der Waals surface area contributed by atoms with E-state index in [1.54, 1.807) is 21.0 Å². The van der Waals surface area contributed by atoms with Gasteiger partial charge in [-0.15, -0.1) is 0 Å². The van der Waals surface area contributed by atoms with Crippen LogP contribution in [0.1, 0.15) is 19.7 Å². The molecule has 0 aliphatic rings. The van der Waals surface area contributed by atoms with Crippen molar-refractivity contribution in [2.24, 2.45) is 0 Å². The average molecular weight is 330 g/mol. The van der Waals surface area contributed by atoms with Crippen LogP contribution < -0.4 is 10.5 Å². The molecule has 3 aromatic rings. The number of benzene rings is 1. The Morgan fingerprint density at radius 2 is 2.04 bits per heavy atom. The van der Waals surface area contributed by atoms with Gasteiger partial charge in [0, 0.05) is 6.42 Å². The third-order valence-electron chi connectivity index (χ3n) is 3.87. The van der Waals surface area contributed by atoms with Gasteiger partial charge in [0.2, 0.25) is 0 Å². The van der Waals surface area contributed by atoms with Gasteiger partial charge in [0.1, 0.15) is 17.1 Å². The highest BCUT2D eigenvalue weighted by Gasteiger charge is 2.23. The molecule has 0 radical (unpaired) electrons. The van der Waals surface area contributed by atoms with Crippen LogP contribution in [0.5, 0.6) is 5.75 Å². The molecule has 128 valence electrons. The molecule has 0 spiro atoms. The lowest BCUT2D eigenvalue weighted by atomic mass is 10.1. The number of nitrogens with two attached hydrogens (primary N) is 1. The Morgan fingerprint density at radius 1 is 1.29 bits per heavy atom. The van der Waals surface area contributed by atoms with Gasteiger partial charge in [0.05, 0.1) is 42.3 Å². The maximum atomic E-state index is 10.3. The molecule has 0 saturated carbocycles. The molecule has 0 saturated heterocycles. The fourth-order valence-electron chi connectivity index (χ4n) is 2.98. The van der Waals surface area contributed by atoms with Crippen LogP contribution in [0.25, 0.3) is 21.9 Å². The first-order valence-corrected chi connectivity index (χ1v) is 7.80. The van der Waals surface area contributed by atoms with Gasteiger partial charge in [0.15, 0.2) is 5.82 Å². The second-order valence-corrected chi connectivity index (χ2v) is 6.45. The van der Waals surface area contributed by atoms with Crippen LogP contribution in [0.4, 0.5) is 5.82 Å². The van der Waals surface area contributed by atoms with Crippen LogP contribution in [0.2, 0.25) is 0 Å².